The van der Waals surface area contributed by atoms with E-state index in [0.29, 0.717) is 37.2 Å². The van der Waals surface area contributed by atoms with Crippen molar-refractivity contribution in [2.75, 3.05) is 16.2 Å². The van der Waals surface area contributed by atoms with E-state index in [1.807, 2.05) is 36.4 Å². The van der Waals surface area contributed by atoms with Crippen molar-refractivity contribution >= 4 is 27.3 Å². The van der Waals surface area contributed by atoms with Crippen molar-refractivity contribution in [1.82, 2.24) is 0 Å². The molecule has 4 rings (SSSR count). The minimum absolute atomic E-state index is 0.0556. The second-order valence-electron chi connectivity index (χ2n) is 7.51. The molecule has 1 aliphatic rings. The first-order chi connectivity index (χ1) is 14.9. The quantitative estimate of drug-likeness (QED) is 0.615. The van der Waals surface area contributed by atoms with E-state index >= 15 is 0 Å². The second-order valence-corrected chi connectivity index (χ2v) is 9.37. The van der Waals surface area contributed by atoms with Crippen LogP contribution in [0.5, 0.6) is 0 Å². The van der Waals surface area contributed by atoms with Crippen LogP contribution in [0.2, 0.25) is 0 Å². The largest absolute Gasteiger partial charge is 0.326 e. The molecule has 1 amide bonds. The van der Waals surface area contributed by atoms with Crippen molar-refractivity contribution in [2.24, 2.45) is 0 Å². The molecule has 160 valence electrons. The Kier molecular flexibility index (Phi) is 6.04. The Bertz CT molecular complexity index is 1180. The molecule has 0 bridgehead atoms. The first-order valence-corrected chi connectivity index (χ1v) is 11.6. The Balaban J connectivity index is 1.49. The highest BCUT2D eigenvalue weighted by Crippen LogP contribution is 2.33. The summed E-state index contributed by atoms with van der Waals surface area (Å²) < 4.78 is 40.7. The zero-order valence-corrected chi connectivity index (χ0v) is 17.7. The lowest BCUT2D eigenvalue weighted by Crippen LogP contribution is -2.35. The molecule has 31 heavy (non-hydrogen) atoms. The van der Waals surface area contributed by atoms with E-state index in [0.717, 1.165) is 29.7 Å². The number of nitrogens with zero attached hydrogens (tertiary/aromatic N) is 1. The van der Waals surface area contributed by atoms with E-state index in [1.165, 1.54) is 16.4 Å². The Morgan fingerprint density at radius 1 is 1.00 bits per heavy atom. The molecule has 7 heteroatoms. The lowest BCUT2D eigenvalue weighted by atomic mass is 10.0. The summed E-state index contributed by atoms with van der Waals surface area (Å²) in [5, 5.41) is 2.91. The van der Waals surface area contributed by atoms with E-state index in [-0.39, 0.29) is 10.8 Å². The van der Waals surface area contributed by atoms with Crippen LogP contribution in [0.25, 0.3) is 0 Å². The lowest BCUT2D eigenvalue weighted by Gasteiger charge is -2.31. The molecule has 0 spiro atoms. The smallest absolute Gasteiger partial charge is 0.264 e. The van der Waals surface area contributed by atoms with Gasteiger partial charge in [-0.3, -0.25) is 9.10 Å². The van der Waals surface area contributed by atoms with E-state index in [4.69, 9.17) is 0 Å². The summed E-state index contributed by atoms with van der Waals surface area (Å²) in [7, 11) is -3.79. The highest BCUT2D eigenvalue weighted by molar-refractivity contribution is 7.92. The number of sulfonamides is 1. The predicted octanol–water partition coefficient (Wildman–Crippen LogP) is 4.54. The zero-order chi connectivity index (χ0) is 21.8. The maximum Gasteiger partial charge on any atom is 0.264 e. The highest BCUT2D eigenvalue weighted by atomic mass is 32.2. The van der Waals surface area contributed by atoms with E-state index in [9.17, 15) is 17.6 Å². The van der Waals surface area contributed by atoms with Crippen LogP contribution in [0.4, 0.5) is 15.8 Å². The molecule has 0 unspecified atom stereocenters. The number of aryl methyl sites for hydroxylation is 2. The predicted molar refractivity (Wildman–Crippen MR) is 119 cm³/mol. The van der Waals surface area contributed by atoms with Crippen LogP contribution in [0.3, 0.4) is 0 Å². The first-order valence-electron chi connectivity index (χ1n) is 10.2. The molecule has 0 aliphatic carbocycles. The van der Waals surface area contributed by atoms with E-state index in [1.54, 1.807) is 12.1 Å². The van der Waals surface area contributed by atoms with Gasteiger partial charge in [0.05, 0.1) is 10.6 Å². The van der Waals surface area contributed by atoms with Crippen molar-refractivity contribution in [3.05, 3.63) is 89.7 Å². The minimum atomic E-state index is -3.79. The Morgan fingerprint density at radius 3 is 2.48 bits per heavy atom. The number of hydrogen-bond acceptors (Lipinski definition) is 3. The average molecular weight is 439 g/mol. The van der Waals surface area contributed by atoms with Gasteiger partial charge in [0.15, 0.2) is 0 Å². The van der Waals surface area contributed by atoms with Crippen molar-refractivity contribution < 1.29 is 17.6 Å². The highest BCUT2D eigenvalue weighted by Gasteiger charge is 2.29. The summed E-state index contributed by atoms with van der Waals surface area (Å²) in [5.74, 6) is -0.568. The molecule has 0 atom stereocenters. The SMILES string of the molecule is O=C(CCc1ccccc1)Nc1ccc2c(c1)CCCN2S(=O)(=O)c1ccc(F)cc1. The number of anilines is 2. The van der Waals surface area contributed by atoms with Gasteiger partial charge < -0.3 is 5.32 Å². The summed E-state index contributed by atoms with van der Waals surface area (Å²) in [6.45, 7) is 0.357. The van der Waals surface area contributed by atoms with Crippen LogP contribution in [-0.2, 0) is 27.7 Å². The number of rotatable bonds is 6. The van der Waals surface area contributed by atoms with Crippen LogP contribution < -0.4 is 9.62 Å². The standard InChI is InChI=1S/C24H23FN2O3S/c25-20-9-12-22(13-10-20)31(29,30)27-16-4-7-19-17-21(11-14-23(19)27)26-24(28)15-8-18-5-2-1-3-6-18/h1-3,5-6,9-14,17H,4,7-8,15-16H2,(H,26,28). The van der Waals surface area contributed by atoms with Gasteiger partial charge in [0.25, 0.3) is 10.0 Å². The molecule has 1 heterocycles. The fourth-order valence-corrected chi connectivity index (χ4v) is 5.29. The molecule has 0 fully saturated rings. The monoisotopic (exact) mass is 438 g/mol. The molecule has 1 aliphatic heterocycles. The molecule has 0 saturated heterocycles. The van der Waals surface area contributed by atoms with Gasteiger partial charge in [0.2, 0.25) is 5.91 Å². The molecule has 0 radical (unpaired) electrons. The van der Waals surface area contributed by atoms with E-state index < -0.39 is 15.8 Å². The normalized spacial score (nSPS) is 13.5. The third-order valence-electron chi connectivity index (χ3n) is 5.32. The summed E-state index contributed by atoms with van der Waals surface area (Å²) in [6.07, 6.45) is 2.41. The van der Waals surface area contributed by atoms with Crippen molar-refractivity contribution in [3.63, 3.8) is 0 Å². The van der Waals surface area contributed by atoms with Gasteiger partial charge in [-0.05, 0) is 72.9 Å². The molecule has 5 nitrogen and oxygen atoms in total. The number of carbonyl (C=O) groups excluding carboxylic acids is 1. The number of hydrogen-bond donors (Lipinski definition) is 1. The second kappa shape index (κ2) is 8.89. The number of nitrogens with one attached hydrogen (secondary N) is 1. The van der Waals surface area contributed by atoms with Crippen LogP contribution in [0, 0.1) is 5.82 Å². The third-order valence-corrected chi connectivity index (χ3v) is 7.15. The third kappa shape index (κ3) is 4.77. The van der Waals surface area contributed by atoms with Crippen LogP contribution >= 0.6 is 0 Å². The molecule has 3 aromatic carbocycles. The number of carbonyl (C=O) groups is 1. The van der Waals surface area contributed by atoms with Crippen molar-refractivity contribution in [3.8, 4) is 0 Å². The zero-order valence-electron chi connectivity index (χ0n) is 16.9. The molecular weight excluding hydrogens is 415 g/mol. The Hall–Kier alpha value is -3.19. The van der Waals surface area contributed by atoms with Gasteiger partial charge >= 0.3 is 0 Å². The molecular formula is C24H23FN2O3S. The summed E-state index contributed by atoms with van der Waals surface area (Å²) >= 11 is 0. The fraction of sp³-hybridized carbons (Fsp3) is 0.208. The molecule has 1 N–H and O–H groups in total. The maximum atomic E-state index is 13.2. The number of halogens is 1. The summed E-state index contributed by atoms with van der Waals surface area (Å²) in [6, 6.07) is 19.9. The van der Waals surface area contributed by atoms with Crippen LogP contribution in [-0.4, -0.2) is 20.9 Å². The molecule has 0 saturated carbocycles. The number of fused-ring (bicyclic) bond motifs is 1. The van der Waals surface area contributed by atoms with E-state index in [2.05, 4.69) is 5.32 Å². The average Bonchev–Trinajstić information content (AvgIpc) is 2.78. The van der Waals surface area contributed by atoms with Gasteiger partial charge in [0.1, 0.15) is 5.82 Å². The summed E-state index contributed by atoms with van der Waals surface area (Å²) in [5.41, 5.74) is 3.21. The van der Waals surface area contributed by atoms with Gasteiger partial charge in [-0.25, -0.2) is 12.8 Å². The van der Waals surface area contributed by atoms with Gasteiger partial charge in [-0.1, -0.05) is 30.3 Å². The Morgan fingerprint density at radius 2 is 1.74 bits per heavy atom. The van der Waals surface area contributed by atoms with Crippen LogP contribution in [0.15, 0.2) is 77.7 Å². The van der Waals surface area contributed by atoms with Gasteiger partial charge in [0, 0.05) is 18.7 Å². The Labute approximate surface area is 181 Å². The number of amides is 1. The minimum Gasteiger partial charge on any atom is -0.326 e. The molecule has 0 aromatic heterocycles. The van der Waals surface area contributed by atoms with Gasteiger partial charge in [-0.15, -0.1) is 0 Å². The summed E-state index contributed by atoms with van der Waals surface area (Å²) in [4.78, 5) is 12.4. The first kappa shape index (κ1) is 21.1. The van der Waals surface area contributed by atoms with Crippen molar-refractivity contribution in [1.29, 1.82) is 0 Å². The molecule has 3 aromatic rings. The number of benzene rings is 3. The fourth-order valence-electron chi connectivity index (χ4n) is 3.75. The topological polar surface area (TPSA) is 66.5 Å². The van der Waals surface area contributed by atoms with Crippen molar-refractivity contribution in [2.45, 2.75) is 30.6 Å². The lowest BCUT2D eigenvalue weighted by molar-refractivity contribution is -0.116. The van der Waals surface area contributed by atoms with Crippen LogP contribution in [0.1, 0.15) is 24.0 Å². The maximum absolute atomic E-state index is 13.2. The van der Waals surface area contributed by atoms with Gasteiger partial charge in [-0.2, -0.15) is 0 Å².